The minimum Gasteiger partial charge on any atom is -0.452 e. The molecule has 0 bridgehead atoms. The van der Waals surface area contributed by atoms with Gasteiger partial charge in [-0.15, -0.1) is 11.3 Å². The topological polar surface area (TPSA) is 39.2 Å². The second kappa shape index (κ2) is 4.51. The predicted octanol–water partition coefficient (Wildman–Crippen LogP) is 3.71. The Bertz CT molecular complexity index is 449. The summed E-state index contributed by atoms with van der Waals surface area (Å²) in [7, 11) is 0. The van der Waals surface area contributed by atoms with Crippen molar-refractivity contribution in [3.63, 3.8) is 0 Å². The molecule has 1 unspecified atom stereocenters. The molecule has 0 aliphatic carbocycles. The van der Waals surface area contributed by atoms with Crippen molar-refractivity contribution in [2.24, 2.45) is 5.73 Å². The van der Waals surface area contributed by atoms with E-state index in [0.29, 0.717) is 0 Å². The van der Waals surface area contributed by atoms with Gasteiger partial charge in [-0.05, 0) is 46.6 Å². The van der Waals surface area contributed by atoms with E-state index in [2.05, 4.69) is 35.0 Å². The highest BCUT2D eigenvalue weighted by molar-refractivity contribution is 9.10. The molecule has 0 saturated carbocycles. The number of aryl methyl sites for hydroxylation is 1. The number of halogens is 1. The van der Waals surface area contributed by atoms with E-state index in [1.807, 2.05) is 12.1 Å². The summed E-state index contributed by atoms with van der Waals surface area (Å²) < 4.78 is 6.16. The summed E-state index contributed by atoms with van der Waals surface area (Å²) in [4.78, 5) is 2.50. The molecule has 4 heteroatoms. The Morgan fingerprint density at radius 3 is 2.73 bits per heavy atom. The SMILES string of the molecule is CCc1ccc(C(N)c2ccc(Br)o2)s1. The Morgan fingerprint density at radius 2 is 2.20 bits per heavy atom. The smallest absolute Gasteiger partial charge is 0.169 e. The zero-order chi connectivity index (χ0) is 10.8. The monoisotopic (exact) mass is 285 g/mol. The Morgan fingerprint density at radius 1 is 1.40 bits per heavy atom. The molecule has 0 radical (unpaired) electrons. The van der Waals surface area contributed by atoms with Crippen LogP contribution in [-0.2, 0) is 6.42 Å². The summed E-state index contributed by atoms with van der Waals surface area (Å²) in [5.41, 5.74) is 6.09. The summed E-state index contributed by atoms with van der Waals surface area (Å²) in [6.07, 6.45) is 1.05. The first-order valence-electron chi connectivity index (χ1n) is 4.80. The number of nitrogens with two attached hydrogens (primary N) is 1. The van der Waals surface area contributed by atoms with E-state index < -0.39 is 0 Å². The lowest BCUT2D eigenvalue weighted by Crippen LogP contribution is -2.08. The molecular formula is C11H12BrNOS. The molecule has 2 aromatic rings. The molecule has 0 amide bonds. The zero-order valence-electron chi connectivity index (χ0n) is 8.37. The van der Waals surface area contributed by atoms with Crippen LogP contribution in [0.2, 0.25) is 0 Å². The summed E-state index contributed by atoms with van der Waals surface area (Å²) in [5, 5.41) is 0. The molecule has 15 heavy (non-hydrogen) atoms. The first-order chi connectivity index (χ1) is 7.20. The fourth-order valence-electron chi connectivity index (χ4n) is 1.39. The van der Waals surface area contributed by atoms with Crippen LogP contribution in [0.15, 0.2) is 33.4 Å². The molecule has 2 aromatic heterocycles. The number of furan rings is 1. The predicted molar refractivity (Wildman–Crippen MR) is 66.1 cm³/mol. The second-order valence-corrected chi connectivity index (χ2v) is 5.26. The van der Waals surface area contributed by atoms with E-state index in [0.717, 1.165) is 21.7 Å². The van der Waals surface area contributed by atoms with Crippen LogP contribution in [0.25, 0.3) is 0 Å². The van der Waals surface area contributed by atoms with Crippen molar-refractivity contribution in [1.82, 2.24) is 0 Å². The Kier molecular flexibility index (Phi) is 3.29. The first kappa shape index (κ1) is 10.9. The number of thiophene rings is 1. The van der Waals surface area contributed by atoms with E-state index in [4.69, 9.17) is 10.2 Å². The number of hydrogen-bond donors (Lipinski definition) is 1. The van der Waals surface area contributed by atoms with E-state index in [-0.39, 0.29) is 6.04 Å². The van der Waals surface area contributed by atoms with E-state index in [9.17, 15) is 0 Å². The van der Waals surface area contributed by atoms with Crippen molar-refractivity contribution in [2.45, 2.75) is 19.4 Å². The lowest BCUT2D eigenvalue weighted by atomic mass is 10.2. The maximum atomic E-state index is 6.09. The Balaban J connectivity index is 2.23. The lowest BCUT2D eigenvalue weighted by molar-refractivity contribution is 0.472. The third kappa shape index (κ3) is 2.33. The average Bonchev–Trinajstić information content (AvgIpc) is 2.84. The van der Waals surface area contributed by atoms with Crippen LogP contribution in [-0.4, -0.2) is 0 Å². The van der Waals surface area contributed by atoms with Gasteiger partial charge in [0, 0.05) is 9.75 Å². The van der Waals surface area contributed by atoms with Crippen molar-refractivity contribution in [3.05, 3.63) is 44.4 Å². The van der Waals surface area contributed by atoms with Crippen LogP contribution < -0.4 is 5.73 Å². The van der Waals surface area contributed by atoms with Crippen molar-refractivity contribution >= 4 is 27.3 Å². The van der Waals surface area contributed by atoms with Crippen LogP contribution in [0.1, 0.15) is 28.5 Å². The summed E-state index contributed by atoms with van der Waals surface area (Å²) >= 11 is 5.02. The van der Waals surface area contributed by atoms with Crippen LogP contribution in [0, 0.1) is 0 Å². The highest BCUT2D eigenvalue weighted by atomic mass is 79.9. The van der Waals surface area contributed by atoms with Gasteiger partial charge in [0.15, 0.2) is 4.67 Å². The molecule has 1 atom stereocenters. The summed E-state index contributed by atoms with van der Waals surface area (Å²) in [6, 6.07) is 7.81. The van der Waals surface area contributed by atoms with Crippen molar-refractivity contribution in [3.8, 4) is 0 Å². The van der Waals surface area contributed by atoms with Gasteiger partial charge in [0.2, 0.25) is 0 Å². The normalized spacial score (nSPS) is 13.0. The molecule has 0 aromatic carbocycles. The molecule has 2 N–H and O–H groups in total. The third-order valence-corrected chi connectivity index (χ3v) is 3.98. The van der Waals surface area contributed by atoms with Crippen molar-refractivity contribution in [1.29, 1.82) is 0 Å². The van der Waals surface area contributed by atoms with Gasteiger partial charge < -0.3 is 10.2 Å². The van der Waals surface area contributed by atoms with Gasteiger partial charge in [-0.2, -0.15) is 0 Å². The van der Waals surface area contributed by atoms with E-state index in [1.54, 1.807) is 11.3 Å². The molecule has 0 saturated heterocycles. The minimum absolute atomic E-state index is 0.151. The van der Waals surface area contributed by atoms with Crippen LogP contribution in [0.4, 0.5) is 0 Å². The van der Waals surface area contributed by atoms with Gasteiger partial charge in [0.05, 0.1) is 6.04 Å². The third-order valence-electron chi connectivity index (χ3n) is 2.24. The first-order valence-corrected chi connectivity index (χ1v) is 6.41. The second-order valence-electron chi connectivity index (χ2n) is 3.28. The van der Waals surface area contributed by atoms with E-state index in [1.165, 1.54) is 4.88 Å². The zero-order valence-corrected chi connectivity index (χ0v) is 10.8. The molecule has 0 spiro atoms. The average molecular weight is 286 g/mol. The Hall–Kier alpha value is -0.580. The minimum atomic E-state index is -0.151. The molecular weight excluding hydrogens is 274 g/mol. The Labute approximate surface area is 101 Å². The van der Waals surface area contributed by atoms with Gasteiger partial charge in [0.1, 0.15) is 5.76 Å². The number of hydrogen-bond acceptors (Lipinski definition) is 3. The fraction of sp³-hybridized carbons (Fsp3) is 0.273. The number of rotatable bonds is 3. The molecule has 2 nitrogen and oxygen atoms in total. The van der Waals surface area contributed by atoms with Gasteiger partial charge >= 0.3 is 0 Å². The molecule has 2 heterocycles. The molecule has 0 aliphatic heterocycles. The van der Waals surface area contributed by atoms with Gasteiger partial charge in [-0.3, -0.25) is 0 Å². The fourth-order valence-corrected chi connectivity index (χ4v) is 2.67. The van der Waals surface area contributed by atoms with Crippen molar-refractivity contribution < 1.29 is 4.42 Å². The quantitative estimate of drug-likeness (QED) is 0.934. The van der Waals surface area contributed by atoms with Crippen LogP contribution in [0.3, 0.4) is 0 Å². The maximum absolute atomic E-state index is 6.09. The van der Waals surface area contributed by atoms with Gasteiger partial charge in [-0.25, -0.2) is 0 Å². The van der Waals surface area contributed by atoms with Gasteiger partial charge in [0.25, 0.3) is 0 Å². The highest BCUT2D eigenvalue weighted by Gasteiger charge is 2.14. The largest absolute Gasteiger partial charge is 0.452 e. The molecule has 80 valence electrons. The summed E-state index contributed by atoms with van der Waals surface area (Å²) in [6.45, 7) is 2.14. The van der Waals surface area contributed by atoms with E-state index >= 15 is 0 Å². The van der Waals surface area contributed by atoms with Crippen molar-refractivity contribution in [2.75, 3.05) is 0 Å². The molecule has 0 fully saturated rings. The van der Waals surface area contributed by atoms with Crippen LogP contribution >= 0.6 is 27.3 Å². The standard InChI is InChI=1S/C11H12BrNOS/c1-2-7-3-5-9(15-7)11(13)8-4-6-10(12)14-8/h3-6,11H,2,13H2,1H3. The molecule has 0 aliphatic rings. The maximum Gasteiger partial charge on any atom is 0.169 e. The van der Waals surface area contributed by atoms with Gasteiger partial charge in [-0.1, -0.05) is 6.92 Å². The summed E-state index contributed by atoms with van der Waals surface area (Å²) in [5.74, 6) is 0.798. The highest BCUT2D eigenvalue weighted by Crippen LogP contribution is 2.29. The molecule has 2 rings (SSSR count). The van der Waals surface area contributed by atoms with Crippen LogP contribution in [0.5, 0.6) is 0 Å². The lowest BCUT2D eigenvalue weighted by Gasteiger charge is -2.04.